The van der Waals surface area contributed by atoms with Crippen molar-refractivity contribution in [3.63, 3.8) is 0 Å². The lowest BCUT2D eigenvalue weighted by molar-refractivity contribution is -0.132. The van der Waals surface area contributed by atoms with E-state index in [1.165, 1.54) is 0 Å². The predicted molar refractivity (Wildman–Crippen MR) is 86.9 cm³/mol. The quantitative estimate of drug-likeness (QED) is 0.862. The summed E-state index contributed by atoms with van der Waals surface area (Å²) in [5.41, 5.74) is 6.62. The molecule has 21 heavy (non-hydrogen) atoms. The van der Waals surface area contributed by atoms with Crippen LogP contribution in [0.15, 0.2) is 24.5 Å². The standard InChI is InChI=1S/C14H21N3O2.2ClH/c1-2-12(10-5-7-16-8-6-10)17-14(18)13-4-3-11(9-15)19-13;;/h5-8,11-13H,2-4,9,15H2,1H3,(H,17,18);2*1H/t11-,12?,13+;;/m1../s1. The van der Waals surface area contributed by atoms with Gasteiger partial charge in [-0.25, -0.2) is 0 Å². The smallest absolute Gasteiger partial charge is 0.249 e. The molecule has 1 aliphatic rings. The van der Waals surface area contributed by atoms with E-state index in [1.807, 2.05) is 19.1 Å². The predicted octanol–water partition coefficient (Wildman–Crippen LogP) is 2.00. The molecular weight excluding hydrogens is 313 g/mol. The molecule has 3 N–H and O–H groups in total. The van der Waals surface area contributed by atoms with Crippen LogP contribution < -0.4 is 11.1 Å². The number of nitrogens with two attached hydrogens (primary N) is 1. The molecule has 1 saturated heterocycles. The van der Waals surface area contributed by atoms with Gasteiger partial charge in [-0.1, -0.05) is 6.92 Å². The van der Waals surface area contributed by atoms with Gasteiger partial charge in [0.05, 0.1) is 12.1 Å². The minimum absolute atomic E-state index is 0. The summed E-state index contributed by atoms with van der Waals surface area (Å²) >= 11 is 0. The molecule has 0 saturated carbocycles. The average molecular weight is 336 g/mol. The maximum Gasteiger partial charge on any atom is 0.249 e. The van der Waals surface area contributed by atoms with Crippen molar-refractivity contribution in [3.8, 4) is 0 Å². The molecule has 120 valence electrons. The van der Waals surface area contributed by atoms with Crippen LogP contribution in [0, 0.1) is 0 Å². The van der Waals surface area contributed by atoms with Crippen molar-refractivity contribution >= 4 is 30.7 Å². The van der Waals surface area contributed by atoms with Crippen LogP contribution in [0.4, 0.5) is 0 Å². The van der Waals surface area contributed by atoms with Crippen LogP contribution in [-0.4, -0.2) is 29.6 Å². The highest BCUT2D eigenvalue weighted by molar-refractivity contribution is 5.85. The van der Waals surface area contributed by atoms with Crippen LogP contribution in [0.5, 0.6) is 0 Å². The summed E-state index contributed by atoms with van der Waals surface area (Å²) in [4.78, 5) is 16.1. The molecule has 1 fully saturated rings. The molecular formula is C14H23Cl2N3O2. The number of hydrogen-bond acceptors (Lipinski definition) is 4. The molecule has 0 aliphatic carbocycles. The van der Waals surface area contributed by atoms with Crippen molar-refractivity contribution in [2.24, 2.45) is 5.73 Å². The molecule has 7 heteroatoms. The molecule has 1 aromatic rings. The number of hydrogen-bond donors (Lipinski definition) is 2. The largest absolute Gasteiger partial charge is 0.364 e. The van der Waals surface area contributed by atoms with Gasteiger partial charge in [0.25, 0.3) is 0 Å². The van der Waals surface area contributed by atoms with E-state index in [0.29, 0.717) is 6.54 Å². The van der Waals surface area contributed by atoms with Crippen molar-refractivity contribution in [2.45, 2.75) is 44.4 Å². The van der Waals surface area contributed by atoms with E-state index < -0.39 is 0 Å². The fourth-order valence-electron chi connectivity index (χ4n) is 2.35. The minimum atomic E-state index is -0.357. The summed E-state index contributed by atoms with van der Waals surface area (Å²) in [6.45, 7) is 2.52. The zero-order chi connectivity index (χ0) is 13.7. The van der Waals surface area contributed by atoms with Crippen molar-refractivity contribution in [1.82, 2.24) is 10.3 Å². The number of amides is 1. The first-order valence-corrected chi connectivity index (χ1v) is 6.80. The van der Waals surface area contributed by atoms with E-state index in [9.17, 15) is 4.79 Å². The molecule has 0 spiro atoms. The molecule has 1 aliphatic heterocycles. The van der Waals surface area contributed by atoms with Crippen molar-refractivity contribution in [1.29, 1.82) is 0 Å². The molecule has 1 amide bonds. The third-order valence-electron chi connectivity index (χ3n) is 3.50. The van der Waals surface area contributed by atoms with Crippen LogP contribution in [-0.2, 0) is 9.53 Å². The molecule has 1 unspecified atom stereocenters. The molecule has 2 rings (SSSR count). The highest BCUT2D eigenvalue weighted by Crippen LogP contribution is 2.21. The Bertz CT molecular complexity index is 420. The lowest BCUT2D eigenvalue weighted by atomic mass is 10.1. The number of ether oxygens (including phenoxy) is 1. The van der Waals surface area contributed by atoms with Gasteiger partial charge in [0.2, 0.25) is 5.91 Å². The fourth-order valence-corrected chi connectivity index (χ4v) is 2.35. The number of nitrogens with one attached hydrogen (secondary N) is 1. The number of nitrogens with zero attached hydrogens (tertiary/aromatic N) is 1. The third-order valence-corrected chi connectivity index (χ3v) is 3.50. The second kappa shape index (κ2) is 9.95. The normalized spacial score (nSPS) is 21.8. The number of carbonyl (C=O) groups excluding carboxylic acids is 1. The van der Waals surface area contributed by atoms with E-state index >= 15 is 0 Å². The summed E-state index contributed by atoms with van der Waals surface area (Å²) in [5, 5.41) is 3.04. The van der Waals surface area contributed by atoms with E-state index in [2.05, 4.69) is 10.3 Å². The first-order valence-electron chi connectivity index (χ1n) is 6.80. The summed E-state index contributed by atoms with van der Waals surface area (Å²) in [5.74, 6) is -0.0420. The highest BCUT2D eigenvalue weighted by Gasteiger charge is 2.30. The zero-order valence-corrected chi connectivity index (χ0v) is 13.7. The lowest BCUT2D eigenvalue weighted by Crippen LogP contribution is -2.37. The third kappa shape index (κ3) is 5.43. The monoisotopic (exact) mass is 335 g/mol. The van der Waals surface area contributed by atoms with Crippen LogP contribution >= 0.6 is 24.8 Å². The van der Waals surface area contributed by atoms with Gasteiger partial charge in [-0.15, -0.1) is 24.8 Å². The Hall–Kier alpha value is -0.880. The van der Waals surface area contributed by atoms with Crippen molar-refractivity contribution in [3.05, 3.63) is 30.1 Å². The van der Waals surface area contributed by atoms with E-state index in [0.717, 1.165) is 24.8 Å². The first kappa shape index (κ1) is 20.1. The van der Waals surface area contributed by atoms with Crippen LogP contribution in [0.1, 0.15) is 37.8 Å². The number of aromatic nitrogens is 1. The number of pyridine rings is 1. The average Bonchev–Trinajstić information content (AvgIpc) is 2.94. The van der Waals surface area contributed by atoms with E-state index in [4.69, 9.17) is 10.5 Å². The molecule has 0 bridgehead atoms. The molecule has 0 radical (unpaired) electrons. The Labute approximate surface area is 137 Å². The second-order valence-electron chi connectivity index (χ2n) is 4.81. The molecule has 5 nitrogen and oxygen atoms in total. The maximum absolute atomic E-state index is 12.2. The zero-order valence-electron chi connectivity index (χ0n) is 12.0. The van der Waals surface area contributed by atoms with E-state index in [-0.39, 0.29) is 49.0 Å². The van der Waals surface area contributed by atoms with Gasteiger partial charge in [0, 0.05) is 18.9 Å². The number of halogens is 2. The van der Waals surface area contributed by atoms with Crippen LogP contribution in [0.3, 0.4) is 0 Å². The number of carbonyl (C=O) groups is 1. The molecule has 0 aromatic carbocycles. The second-order valence-corrected chi connectivity index (χ2v) is 4.81. The Balaban J connectivity index is 0.00000200. The summed E-state index contributed by atoms with van der Waals surface area (Å²) < 4.78 is 5.60. The summed E-state index contributed by atoms with van der Waals surface area (Å²) in [7, 11) is 0. The van der Waals surface area contributed by atoms with Gasteiger partial charge in [-0.05, 0) is 37.0 Å². The minimum Gasteiger partial charge on any atom is -0.364 e. The molecule has 1 aromatic heterocycles. The van der Waals surface area contributed by atoms with Crippen LogP contribution in [0.25, 0.3) is 0 Å². The van der Waals surface area contributed by atoms with Crippen LogP contribution in [0.2, 0.25) is 0 Å². The van der Waals surface area contributed by atoms with E-state index in [1.54, 1.807) is 12.4 Å². The maximum atomic E-state index is 12.2. The first-order chi connectivity index (χ1) is 9.24. The fraction of sp³-hybridized carbons (Fsp3) is 0.571. The van der Waals surface area contributed by atoms with Gasteiger partial charge in [-0.2, -0.15) is 0 Å². The van der Waals surface area contributed by atoms with Gasteiger partial charge in [-0.3, -0.25) is 9.78 Å². The van der Waals surface area contributed by atoms with Gasteiger partial charge < -0.3 is 15.8 Å². The Kier molecular flexibility index (Phi) is 9.53. The van der Waals surface area contributed by atoms with Crippen molar-refractivity contribution in [2.75, 3.05) is 6.54 Å². The SMILES string of the molecule is CCC(NC(=O)[C@@H]1CC[C@H](CN)O1)c1ccncc1.Cl.Cl. The Morgan fingerprint density at radius 1 is 1.43 bits per heavy atom. The van der Waals surface area contributed by atoms with Crippen molar-refractivity contribution < 1.29 is 9.53 Å². The number of rotatable bonds is 5. The topological polar surface area (TPSA) is 77.2 Å². The summed E-state index contributed by atoms with van der Waals surface area (Å²) in [6, 6.07) is 3.86. The van der Waals surface area contributed by atoms with Gasteiger partial charge in [0.1, 0.15) is 6.10 Å². The Morgan fingerprint density at radius 3 is 2.62 bits per heavy atom. The lowest BCUT2D eigenvalue weighted by Gasteiger charge is -2.20. The highest BCUT2D eigenvalue weighted by atomic mass is 35.5. The molecule has 3 atom stereocenters. The van der Waals surface area contributed by atoms with Gasteiger partial charge in [0.15, 0.2) is 0 Å². The molecule has 2 heterocycles. The Morgan fingerprint density at radius 2 is 2.10 bits per heavy atom. The van der Waals surface area contributed by atoms with Gasteiger partial charge >= 0.3 is 0 Å². The summed E-state index contributed by atoms with van der Waals surface area (Å²) in [6.07, 6.45) is 5.59.